The van der Waals surface area contributed by atoms with Crippen LogP contribution in [0.4, 0.5) is 22.7 Å². The molecule has 2 aromatic carbocycles. The van der Waals surface area contributed by atoms with Crippen LogP contribution in [0.25, 0.3) is 0 Å². The first-order chi connectivity index (χ1) is 9.47. The highest BCUT2D eigenvalue weighted by molar-refractivity contribution is 5.69. The van der Waals surface area contributed by atoms with Gasteiger partial charge in [0.05, 0.1) is 4.92 Å². The fourth-order valence-electron chi connectivity index (χ4n) is 1.92. The number of nitrogens with one attached hydrogen (secondary N) is 1. The number of rotatable bonds is 4. The van der Waals surface area contributed by atoms with Gasteiger partial charge in [0.2, 0.25) is 0 Å². The van der Waals surface area contributed by atoms with E-state index in [4.69, 9.17) is 5.73 Å². The zero-order valence-corrected chi connectivity index (χ0v) is 11.5. The normalized spacial score (nSPS) is 10.6. The second-order valence-electron chi connectivity index (χ2n) is 4.93. The Kier molecular flexibility index (Phi) is 3.89. The van der Waals surface area contributed by atoms with Crippen molar-refractivity contribution in [2.24, 2.45) is 0 Å². The Morgan fingerprint density at radius 1 is 1.10 bits per heavy atom. The van der Waals surface area contributed by atoms with Gasteiger partial charge in [-0.3, -0.25) is 10.1 Å². The van der Waals surface area contributed by atoms with Gasteiger partial charge >= 0.3 is 0 Å². The van der Waals surface area contributed by atoms with E-state index in [-0.39, 0.29) is 11.4 Å². The third-order valence-corrected chi connectivity index (χ3v) is 3.09. The minimum Gasteiger partial charge on any atom is -0.393 e. The molecular weight excluding hydrogens is 254 g/mol. The van der Waals surface area contributed by atoms with Crippen molar-refractivity contribution >= 4 is 22.7 Å². The number of benzene rings is 2. The molecule has 2 rings (SSSR count). The van der Waals surface area contributed by atoms with Crippen molar-refractivity contribution in [2.75, 3.05) is 11.1 Å². The van der Waals surface area contributed by atoms with Crippen molar-refractivity contribution in [1.82, 2.24) is 0 Å². The molecule has 5 heteroatoms. The molecule has 0 radical (unpaired) electrons. The van der Waals surface area contributed by atoms with Gasteiger partial charge in [-0.1, -0.05) is 26.0 Å². The summed E-state index contributed by atoms with van der Waals surface area (Å²) in [6.45, 7) is 4.28. The number of nitrogens with zero attached hydrogens (tertiary/aromatic N) is 1. The first kappa shape index (κ1) is 13.9. The van der Waals surface area contributed by atoms with Crippen LogP contribution in [0.5, 0.6) is 0 Å². The molecule has 0 atom stereocenters. The van der Waals surface area contributed by atoms with Crippen molar-refractivity contribution in [3.63, 3.8) is 0 Å². The third-order valence-electron chi connectivity index (χ3n) is 3.09. The maximum atomic E-state index is 10.7. The second-order valence-corrected chi connectivity index (χ2v) is 4.93. The average molecular weight is 271 g/mol. The quantitative estimate of drug-likeness (QED) is 0.499. The van der Waals surface area contributed by atoms with Crippen LogP contribution in [0.3, 0.4) is 0 Å². The van der Waals surface area contributed by atoms with E-state index in [1.165, 1.54) is 11.6 Å². The molecule has 0 amide bonds. The van der Waals surface area contributed by atoms with Crippen molar-refractivity contribution in [2.45, 2.75) is 19.8 Å². The van der Waals surface area contributed by atoms with Crippen molar-refractivity contribution in [3.8, 4) is 0 Å². The van der Waals surface area contributed by atoms with E-state index >= 15 is 0 Å². The SMILES string of the molecule is CC(C)c1ccc(Nc2ccc([N+](=O)[O-])c(N)c2)cc1. The zero-order valence-electron chi connectivity index (χ0n) is 11.5. The molecule has 0 unspecified atom stereocenters. The van der Waals surface area contributed by atoms with Gasteiger partial charge < -0.3 is 11.1 Å². The van der Waals surface area contributed by atoms with Crippen molar-refractivity contribution in [3.05, 3.63) is 58.1 Å². The Morgan fingerprint density at radius 3 is 2.20 bits per heavy atom. The van der Waals surface area contributed by atoms with Gasteiger partial charge in [0.25, 0.3) is 5.69 Å². The van der Waals surface area contributed by atoms with Gasteiger partial charge in [-0.2, -0.15) is 0 Å². The van der Waals surface area contributed by atoms with Crippen LogP contribution in [-0.4, -0.2) is 4.92 Å². The summed E-state index contributed by atoms with van der Waals surface area (Å²) in [7, 11) is 0. The van der Waals surface area contributed by atoms with Crippen molar-refractivity contribution in [1.29, 1.82) is 0 Å². The molecule has 0 aliphatic carbocycles. The third kappa shape index (κ3) is 3.06. The summed E-state index contributed by atoms with van der Waals surface area (Å²) >= 11 is 0. The minimum absolute atomic E-state index is 0.0781. The highest BCUT2D eigenvalue weighted by Crippen LogP contribution is 2.27. The fourth-order valence-corrected chi connectivity index (χ4v) is 1.92. The van der Waals surface area contributed by atoms with Gasteiger partial charge in [-0.15, -0.1) is 0 Å². The minimum atomic E-state index is -0.490. The summed E-state index contributed by atoms with van der Waals surface area (Å²) in [6.07, 6.45) is 0. The number of nitro benzene ring substituents is 1. The maximum absolute atomic E-state index is 10.7. The number of hydrogen-bond acceptors (Lipinski definition) is 4. The summed E-state index contributed by atoms with van der Waals surface area (Å²) in [4.78, 5) is 10.2. The number of hydrogen-bond donors (Lipinski definition) is 2. The molecule has 0 bridgehead atoms. The van der Waals surface area contributed by atoms with E-state index in [9.17, 15) is 10.1 Å². The molecule has 2 aromatic rings. The second kappa shape index (κ2) is 5.61. The van der Waals surface area contributed by atoms with Crippen LogP contribution in [0.15, 0.2) is 42.5 Å². The lowest BCUT2D eigenvalue weighted by Gasteiger charge is -2.10. The van der Waals surface area contributed by atoms with E-state index in [1.807, 2.05) is 12.1 Å². The average Bonchev–Trinajstić information content (AvgIpc) is 2.39. The van der Waals surface area contributed by atoms with Crippen LogP contribution in [0.2, 0.25) is 0 Å². The number of nitro groups is 1. The maximum Gasteiger partial charge on any atom is 0.292 e. The Morgan fingerprint density at radius 2 is 1.70 bits per heavy atom. The number of nitrogens with two attached hydrogens (primary N) is 1. The van der Waals surface area contributed by atoms with Crippen LogP contribution >= 0.6 is 0 Å². The lowest BCUT2D eigenvalue weighted by atomic mass is 10.0. The molecule has 0 saturated carbocycles. The largest absolute Gasteiger partial charge is 0.393 e. The summed E-state index contributed by atoms with van der Waals surface area (Å²) in [5, 5.41) is 13.9. The zero-order chi connectivity index (χ0) is 14.7. The summed E-state index contributed by atoms with van der Waals surface area (Å²) in [6, 6.07) is 12.7. The van der Waals surface area contributed by atoms with Gasteiger partial charge in [0.15, 0.2) is 0 Å². The van der Waals surface area contributed by atoms with Gasteiger partial charge in [-0.05, 0) is 35.7 Å². The first-order valence-electron chi connectivity index (χ1n) is 6.38. The standard InChI is InChI=1S/C15H17N3O2/c1-10(2)11-3-5-12(6-4-11)17-13-7-8-15(18(19)20)14(16)9-13/h3-10,17H,16H2,1-2H3. The lowest BCUT2D eigenvalue weighted by molar-refractivity contribution is -0.383. The van der Waals surface area contributed by atoms with Crippen LogP contribution in [-0.2, 0) is 0 Å². The highest BCUT2D eigenvalue weighted by atomic mass is 16.6. The molecule has 20 heavy (non-hydrogen) atoms. The summed E-state index contributed by atoms with van der Waals surface area (Å²) in [5.41, 5.74) is 8.64. The van der Waals surface area contributed by atoms with E-state index in [0.717, 1.165) is 11.4 Å². The Balaban J connectivity index is 2.17. The van der Waals surface area contributed by atoms with Gasteiger partial charge in [0, 0.05) is 17.4 Å². The van der Waals surface area contributed by atoms with Crippen LogP contribution in [0, 0.1) is 10.1 Å². The lowest BCUT2D eigenvalue weighted by Crippen LogP contribution is -1.97. The molecule has 0 saturated heterocycles. The summed E-state index contributed by atoms with van der Waals surface area (Å²) < 4.78 is 0. The molecule has 0 fully saturated rings. The molecule has 5 nitrogen and oxygen atoms in total. The summed E-state index contributed by atoms with van der Waals surface area (Å²) in [5.74, 6) is 0.485. The Bertz CT molecular complexity index is 622. The van der Waals surface area contributed by atoms with Crippen LogP contribution in [0.1, 0.15) is 25.3 Å². The molecule has 104 valence electrons. The monoisotopic (exact) mass is 271 g/mol. The highest BCUT2D eigenvalue weighted by Gasteiger charge is 2.11. The van der Waals surface area contributed by atoms with Crippen molar-refractivity contribution < 1.29 is 4.92 Å². The fraction of sp³-hybridized carbons (Fsp3) is 0.200. The van der Waals surface area contributed by atoms with E-state index in [1.54, 1.807) is 12.1 Å². The predicted octanol–water partition coefficient (Wildman–Crippen LogP) is 4.04. The molecule has 0 aliphatic rings. The van der Waals surface area contributed by atoms with E-state index < -0.39 is 4.92 Å². The molecule has 0 spiro atoms. The van der Waals surface area contributed by atoms with E-state index in [0.29, 0.717) is 5.92 Å². The Hall–Kier alpha value is -2.56. The van der Waals surface area contributed by atoms with E-state index in [2.05, 4.69) is 31.3 Å². The molecule has 0 heterocycles. The predicted molar refractivity (Wildman–Crippen MR) is 81.3 cm³/mol. The molecular formula is C15H17N3O2. The molecule has 0 aliphatic heterocycles. The van der Waals surface area contributed by atoms with Gasteiger partial charge in [-0.25, -0.2) is 0 Å². The number of nitrogen functional groups attached to an aromatic ring is 1. The number of anilines is 3. The first-order valence-corrected chi connectivity index (χ1v) is 6.38. The smallest absolute Gasteiger partial charge is 0.292 e. The Labute approximate surface area is 117 Å². The van der Waals surface area contributed by atoms with Crippen LogP contribution < -0.4 is 11.1 Å². The molecule has 0 aromatic heterocycles. The van der Waals surface area contributed by atoms with Gasteiger partial charge in [0.1, 0.15) is 5.69 Å². The molecule has 3 N–H and O–H groups in total. The topological polar surface area (TPSA) is 81.2 Å².